The first kappa shape index (κ1) is 18.1. The molecule has 0 aromatic heterocycles. The number of amides is 2. The van der Waals surface area contributed by atoms with E-state index in [1.165, 1.54) is 24.3 Å². The van der Waals surface area contributed by atoms with E-state index in [-0.39, 0.29) is 18.3 Å². The van der Waals surface area contributed by atoms with Gasteiger partial charge in [0.25, 0.3) is 0 Å². The highest BCUT2D eigenvalue weighted by molar-refractivity contribution is 5.89. The van der Waals surface area contributed by atoms with E-state index in [4.69, 9.17) is 5.11 Å². The fraction of sp³-hybridized carbons (Fsp3) is 0.500. The lowest BCUT2D eigenvalue weighted by atomic mass is 10.1. The summed E-state index contributed by atoms with van der Waals surface area (Å²) in [6.07, 6.45) is -3.84. The van der Waals surface area contributed by atoms with Gasteiger partial charge in [0.05, 0.1) is 0 Å². The standard InChI is InChI=1S/C14H19F3N2O3/c1-10(5-6-20)8-18-13(21)19-11-3-2-4-12(7-11)22-9-14(15,16)17/h2-4,7,10,20H,5-6,8-9H2,1H3,(H2,18,19,21). The number of nitrogens with one attached hydrogen (secondary N) is 2. The number of urea groups is 1. The van der Waals surface area contributed by atoms with Crippen molar-refractivity contribution in [3.05, 3.63) is 24.3 Å². The zero-order valence-corrected chi connectivity index (χ0v) is 12.1. The first-order valence-electron chi connectivity index (χ1n) is 6.75. The second kappa shape index (κ2) is 8.47. The summed E-state index contributed by atoms with van der Waals surface area (Å²) in [5.74, 6) is 0.140. The highest BCUT2D eigenvalue weighted by atomic mass is 19.4. The third kappa shape index (κ3) is 7.72. The summed E-state index contributed by atoms with van der Waals surface area (Å²) in [7, 11) is 0. The van der Waals surface area contributed by atoms with E-state index in [9.17, 15) is 18.0 Å². The second-order valence-electron chi connectivity index (χ2n) is 4.88. The van der Waals surface area contributed by atoms with Crippen molar-refractivity contribution in [1.82, 2.24) is 5.32 Å². The molecule has 1 aromatic rings. The summed E-state index contributed by atoms with van der Waals surface area (Å²) in [5, 5.41) is 13.9. The molecule has 0 fully saturated rings. The number of halogens is 3. The van der Waals surface area contributed by atoms with E-state index in [1.807, 2.05) is 6.92 Å². The van der Waals surface area contributed by atoms with Crippen molar-refractivity contribution >= 4 is 11.7 Å². The zero-order valence-electron chi connectivity index (χ0n) is 12.1. The highest BCUT2D eigenvalue weighted by Crippen LogP contribution is 2.21. The Morgan fingerprint density at radius 2 is 2.14 bits per heavy atom. The Labute approximate surface area is 126 Å². The number of anilines is 1. The lowest BCUT2D eigenvalue weighted by Crippen LogP contribution is -2.32. The van der Waals surface area contributed by atoms with E-state index in [0.717, 1.165) is 0 Å². The van der Waals surface area contributed by atoms with Gasteiger partial charge in [-0.05, 0) is 24.5 Å². The van der Waals surface area contributed by atoms with Crippen LogP contribution in [0.4, 0.5) is 23.7 Å². The van der Waals surface area contributed by atoms with Gasteiger partial charge in [0, 0.05) is 24.9 Å². The lowest BCUT2D eigenvalue weighted by Gasteiger charge is -2.13. The van der Waals surface area contributed by atoms with Gasteiger partial charge in [-0.25, -0.2) is 4.79 Å². The molecule has 0 heterocycles. The van der Waals surface area contributed by atoms with Crippen molar-refractivity contribution in [3.63, 3.8) is 0 Å². The number of rotatable bonds is 7. The molecule has 8 heteroatoms. The molecule has 3 N–H and O–H groups in total. The van der Waals surface area contributed by atoms with Crippen molar-refractivity contribution in [1.29, 1.82) is 0 Å². The minimum absolute atomic E-state index is 0.0174. The molecule has 0 saturated heterocycles. The van der Waals surface area contributed by atoms with E-state index in [1.54, 1.807) is 0 Å². The molecule has 0 bridgehead atoms. The Morgan fingerprint density at radius 1 is 1.41 bits per heavy atom. The van der Waals surface area contributed by atoms with Gasteiger partial charge in [-0.3, -0.25) is 0 Å². The van der Waals surface area contributed by atoms with E-state index in [0.29, 0.717) is 18.7 Å². The predicted molar refractivity (Wildman–Crippen MR) is 75.9 cm³/mol. The number of ether oxygens (including phenoxy) is 1. The van der Waals surface area contributed by atoms with E-state index >= 15 is 0 Å². The van der Waals surface area contributed by atoms with Crippen molar-refractivity contribution in [2.24, 2.45) is 5.92 Å². The number of aliphatic hydroxyl groups is 1. The van der Waals surface area contributed by atoms with Gasteiger partial charge < -0.3 is 20.5 Å². The molecule has 0 aliphatic heterocycles. The number of alkyl halides is 3. The normalized spacial score (nSPS) is 12.6. The van der Waals surface area contributed by atoms with Gasteiger partial charge in [0.1, 0.15) is 5.75 Å². The summed E-state index contributed by atoms with van der Waals surface area (Å²) in [6, 6.07) is 5.23. The summed E-state index contributed by atoms with van der Waals surface area (Å²) in [5.41, 5.74) is 0.326. The number of carbonyl (C=O) groups is 1. The number of hydrogen-bond acceptors (Lipinski definition) is 3. The zero-order chi connectivity index (χ0) is 16.6. The molecular weight excluding hydrogens is 301 g/mol. The van der Waals surface area contributed by atoms with Gasteiger partial charge in [-0.1, -0.05) is 13.0 Å². The van der Waals surface area contributed by atoms with Gasteiger partial charge in [0.2, 0.25) is 0 Å². The molecule has 22 heavy (non-hydrogen) atoms. The first-order valence-corrected chi connectivity index (χ1v) is 6.75. The Balaban J connectivity index is 2.46. The molecule has 0 aliphatic rings. The predicted octanol–water partition coefficient (Wildman–Crippen LogP) is 2.77. The van der Waals surface area contributed by atoms with Crippen LogP contribution < -0.4 is 15.4 Å². The Bertz CT molecular complexity index is 481. The molecule has 0 aliphatic carbocycles. The number of carbonyl (C=O) groups excluding carboxylic acids is 1. The van der Waals surface area contributed by atoms with Crippen LogP contribution in [0.3, 0.4) is 0 Å². The average molecular weight is 320 g/mol. The maximum Gasteiger partial charge on any atom is 0.422 e. The minimum atomic E-state index is -4.41. The summed E-state index contributed by atoms with van der Waals surface area (Å²) >= 11 is 0. The monoisotopic (exact) mass is 320 g/mol. The van der Waals surface area contributed by atoms with E-state index in [2.05, 4.69) is 15.4 Å². The van der Waals surface area contributed by atoms with Gasteiger partial charge in [-0.2, -0.15) is 13.2 Å². The maximum atomic E-state index is 12.1. The topological polar surface area (TPSA) is 70.6 Å². The van der Waals surface area contributed by atoms with Crippen LogP contribution >= 0.6 is 0 Å². The smallest absolute Gasteiger partial charge is 0.422 e. The van der Waals surface area contributed by atoms with E-state index < -0.39 is 18.8 Å². The molecular formula is C14H19F3N2O3. The Morgan fingerprint density at radius 3 is 2.77 bits per heavy atom. The molecule has 2 amide bonds. The van der Waals surface area contributed by atoms with Gasteiger partial charge >= 0.3 is 12.2 Å². The van der Waals surface area contributed by atoms with Crippen LogP contribution in [-0.4, -0.2) is 37.1 Å². The van der Waals surface area contributed by atoms with Crippen molar-refractivity contribution in [2.75, 3.05) is 25.1 Å². The van der Waals surface area contributed by atoms with Crippen LogP contribution in [0, 0.1) is 5.92 Å². The highest BCUT2D eigenvalue weighted by Gasteiger charge is 2.28. The Kier molecular flexibility index (Phi) is 6.97. The molecule has 1 aromatic carbocycles. The van der Waals surface area contributed by atoms with Crippen LogP contribution in [0.5, 0.6) is 5.75 Å². The third-order valence-corrected chi connectivity index (χ3v) is 2.73. The lowest BCUT2D eigenvalue weighted by molar-refractivity contribution is -0.153. The second-order valence-corrected chi connectivity index (χ2v) is 4.88. The fourth-order valence-electron chi connectivity index (χ4n) is 1.59. The van der Waals surface area contributed by atoms with Crippen LogP contribution in [0.25, 0.3) is 0 Å². The van der Waals surface area contributed by atoms with Crippen molar-refractivity contribution in [2.45, 2.75) is 19.5 Å². The molecule has 124 valence electrons. The number of aliphatic hydroxyl groups excluding tert-OH is 1. The third-order valence-electron chi connectivity index (χ3n) is 2.73. The van der Waals surface area contributed by atoms with Crippen LogP contribution in [0.2, 0.25) is 0 Å². The fourth-order valence-corrected chi connectivity index (χ4v) is 1.59. The Hall–Kier alpha value is -1.96. The van der Waals surface area contributed by atoms with Crippen molar-refractivity contribution < 1.29 is 27.8 Å². The number of benzene rings is 1. The molecule has 1 rings (SSSR count). The largest absolute Gasteiger partial charge is 0.484 e. The SMILES string of the molecule is CC(CCO)CNC(=O)Nc1cccc(OCC(F)(F)F)c1. The summed E-state index contributed by atoms with van der Waals surface area (Å²) in [6.45, 7) is 0.920. The molecule has 0 radical (unpaired) electrons. The van der Waals surface area contributed by atoms with Crippen LogP contribution in [0.1, 0.15) is 13.3 Å². The van der Waals surface area contributed by atoms with Crippen LogP contribution in [-0.2, 0) is 0 Å². The average Bonchev–Trinajstić information content (AvgIpc) is 2.43. The van der Waals surface area contributed by atoms with Gasteiger partial charge in [0.15, 0.2) is 6.61 Å². The summed E-state index contributed by atoms with van der Waals surface area (Å²) in [4.78, 5) is 11.6. The molecule has 0 saturated carbocycles. The molecule has 1 atom stereocenters. The maximum absolute atomic E-state index is 12.1. The van der Waals surface area contributed by atoms with Crippen molar-refractivity contribution in [3.8, 4) is 5.75 Å². The van der Waals surface area contributed by atoms with Gasteiger partial charge in [-0.15, -0.1) is 0 Å². The summed E-state index contributed by atoms with van der Waals surface area (Å²) < 4.78 is 40.8. The minimum Gasteiger partial charge on any atom is -0.484 e. The molecule has 1 unspecified atom stereocenters. The first-order chi connectivity index (χ1) is 10.3. The van der Waals surface area contributed by atoms with Crippen LogP contribution in [0.15, 0.2) is 24.3 Å². The molecule has 5 nitrogen and oxygen atoms in total. The number of hydrogen-bond donors (Lipinski definition) is 3. The molecule has 0 spiro atoms. The quantitative estimate of drug-likeness (QED) is 0.723.